The summed E-state index contributed by atoms with van der Waals surface area (Å²) in [5, 5.41) is 45.1. The Morgan fingerprint density at radius 1 is 1.00 bits per heavy atom. The molecule has 0 spiro atoms. The van der Waals surface area contributed by atoms with E-state index in [-0.39, 0.29) is 0 Å². The van der Waals surface area contributed by atoms with Gasteiger partial charge in [0.25, 0.3) is 0 Å². The lowest BCUT2D eigenvalue weighted by Crippen LogP contribution is -2.52. The van der Waals surface area contributed by atoms with Crippen LogP contribution in [0.1, 0.15) is 6.92 Å². The predicted octanol–water partition coefficient (Wildman–Crippen LogP) is -3.70. The zero-order valence-corrected chi connectivity index (χ0v) is 7.61. The fourth-order valence-electron chi connectivity index (χ4n) is 0.842. The number of amides is 1. The molecule has 0 saturated heterocycles. The quantitative estimate of drug-likeness (QED) is 0.275. The monoisotopic (exact) mass is 209 g/mol. The van der Waals surface area contributed by atoms with E-state index in [1.807, 2.05) is 0 Å². The van der Waals surface area contributed by atoms with Gasteiger partial charge in [-0.25, -0.2) is 0 Å². The van der Waals surface area contributed by atoms with Gasteiger partial charge in [-0.1, -0.05) is 0 Å². The number of hydrogen-bond donors (Lipinski definition) is 6. The Morgan fingerprint density at radius 2 is 1.43 bits per heavy atom. The maximum Gasteiger partial charge on any atom is 0.249 e. The van der Waals surface area contributed by atoms with Gasteiger partial charge in [-0.05, 0) is 6.92 Å². The number of hydrogen-bond acceptors (Lipinski definition) is 6. The molecule has 0 aliphatic heterocycles. The molecule has 0 rings (SSSR count). The highest BCUT2D eigenvalue weighted by Crippen LogP contribution is 2.07. The molecule has 0 aromatic rings. The molecule has 0 radical (unpaired) electrons. The third kappa shape index (κ3) is 3.20. The summed E-state index contributed by atoms with van der Waals surface area (Å²) in [5.41, 5.74) is 4.65. The fourth-order valence-corrected chi connectivity index (χ4v) is 0.842. The van der Waals surface area contributed by atoms with Crippen molar-refractivity contribution in [2.75, 3.05) is 0 Å². The molecule has 5 unspecified atom stereocenters. The maximum absolute atomic E-state index is 10.4. The van der Waals surface area contributed by atoms with E-state index in [9.17, 15) is 4.79 Å². The molecule has 7 heteroatoms. The van der Waals surface area contributed by atoms with Gasteiger partial charge < -0.3 is 31.3 Å². The number of aliphatic hydroxyl groups excluding tert-OH is 5. The lowest BCUT2D eigenvalue weighted by molar-refractivity contribution is -0.150. The lowest BCUT2D eigenvalue weighted by atomic mass is 10.00. The van der Waals surface area contributed by atoms with Gasteiger partial charge in [0.2, 0.25) is 5.91 Å². The van der Waals surface area contributed by atoms with Crippen molar-refractivity contribution in [1.29, 1.82) is 0 Å². The van der Waals surface area contributed by atoms with Gasteiger partial charge in [0.05, 0.1) is 6.10 Å². The second kappa shape index (κ2) is 5.23. The first kappa shape index (κ1) is 13.3. The van der Waals surface area contributed by atoms with Crippen LogP contribution in [0.25, 0.3) is 0 Å². The lowest BCUT2D eigenvalue weighted by Gasteiger charge is -2.26. The molecule has 84 valence electrons. The van der Waals surface area contributed by atoms with Crippen molar-refractivity contribution in [2.24, 2.45) is 5.73 Å². The molecule has 0 fully saturated rings. The highest BCUT2D eigenvalue weighted by molar-refractivity contribution is 5.79. The molecule has 5 atom stereocenters. The zero-order valence-electron chi connectivity index (χ0n) is 7.61. The third-order valence-electron chi connectivity index (χ3n) is 1.81. The van der Waals surface area contributed by atoms with Gasteiger partial charge in [-0.2, -0.15) is 0 Å². The Balaban J connectivity index is 4.37. The van der Waals surface area contributed by atoms with Crippen molar-refractivity contribution >= 4 is 5.91 Å². The van der Waals surface area contributed by atoms with E-state index >= 15 is 0 Å². The van der Waals surface area contributed by atoms with E-state index in [1.165, 1.54) is 6.92 Å². The summed E-state index contributed by atoms with van der Waals surface area (Å²) in [7, 11) is 0. The van der Waals surface area contributed by atoms with Crippen LogP contribution in [-0.2, 0) is 4.79 Å². The Labute approximate surface area is 80.4 Å². The first-order valence-electron chi connectivity index (χ1n) is 3.98. The number of aliphatic hydroxyl groups is 5. The standard InChI is InChI=1S/C7H15NO6/c1-2(9)3(10)4(11)5(12)6(13)7(8)14/h2-6,9-13H,1H3,(H2,8,14). The molecule has 7 nitrogen and oxygen atoms in total. The van der Waals surface area contributed by atoms with Gasteiger partial charge >= 0.3 is 0 Å². The molecule has 0 heterocycles. The second-order valence-electron chi connectivity index (χ2n) is 3.06. The van der Waals surface area contributed by atoms with Gasteiger partial charge in [0, 0.05) is 0 Å². The fraction of sp³-hybridized carbons (Fsp3) is 0.857. The minimum Gasteiger partial charge on any atom is -0.391 e. The van der Waals surface area contributed by atoms with Gasteiger partial charge in [0.1, 0.15) is 18.3 Å². The van der Waals surface area contributed by atoms with Crippen molar-refractivity contribution in [1.82, 2.24) is 0 Å². The normalized spacial score (nSPS) is 22.1. The third-order valence-corrected chi connectivity index (χ3v) is 1.81. The van der Waals surface area contributed by atoms with E-state index in [0.717, 1.165) is 0 Å². The van der Waals surface area contributed by atoms with Crippen molar-refractivity contribution in [3.63, 3.8) is 0 Å². The van der Waals surface area contributed by atoms with Crippen LogP contribution < -0.4 is 5.73 Å². The van der Waals surface area contributed by atoms with Crippen LogP contribution in [0.15, 0.2) is 0 Å². The minimum absolute atomic E-state index is 1.18. The maximum atomic E-state index is 10.4. The molecule has 0 aliphatic rings. The summed E-state index contributed by atoms with van der Waals surface area (Å²) in [6.07, 6.45) is -8.74. The van der Waals surface area contributed by atoms with Crippen LogP contribution >= 0.6 is 0 Å². The van der Waals surface area contributed by atoms with Gasteiger partial charge in [-0.15, -0.1) is 0 Å². The zero-order chi connectivity index (χ0) is 11.5. The summed E-state index contributed by atoms with van der Waals surface area (Å²) >= 11 is 0. The molecular weight excluding hydrogens is 194 g/mol. The topological polar surface area (TPSA) is 144 Å². The first-order chi connectivity index (χ1) is 6.29. The number of primary amides is 1. The summed E-state index contributed by atoms with van der Waals surface area (Å²) in [4.78, 5) is 10.4. The van der Waals surface area contributed by atoms with E-state index in [2.05, 4.69) is 5.73 Å². The number of carbonyl (C=O) groups excluding carboxylic acids is 1. The Hall–Kier alpha value is -0.730. The largest absolute Gasteiger partial charge is 0.391 e. The van der Waals surface area contributed by atoms with Crippen LogP contribution in [0.3, 0.4) is 0 Å². The van der Waals surface area contributed by atoms with Crippen LogP contribution in [0, 0.1) is 0 Å². The molecule has 0 bridgehead atoms. The Kier molecular flexibility index (Phi) is 4.95. The van der Waals surface area contributed by atoms with Crippen molar-refractivity contribution < 1.29 is 30.3 Å². The molecule has 0 aromatic heterocycles. The second-order valence-corrected chi connectivity index (χ2v) is 3.06. The number of carbonyl (C=O) groups is 1. The molecule has 0 aliphatic carbocycles. The Morgan fingerprint density at radius 3 is 1.71 bits per heavy atom. The van der Waals surface area contributed by atoms with Crippen LogP contribution in [0.2, 0.25) is 0 Å². The summed E-state index contributed by atoms with van der Waals surface area (Å²) in [6.45, 7) is 1.18. The van der Waals surface area contributed by atoms with E-state index in [0.29, 0.717) is 0 Å². The van der Waals surface area contributed by atoms with Crippen molar-refractivity contribution in [3.05, 3.63) is 0 Å². The predicted molar refractivity (Wildman–Crippen MR) is 44.9 cm³/mol. The molecule has 0 saturated carbocycles. The minimum atomic E-state index is -1.99. The Bertz CT molecular complexity index is 197. The number of rotatable bonds is 5. The highest BCUT2D eigenvalue weighted by atomic mass is 16.4. The van der Waals surface area contributed by atoms with Gasteiger partial charge in [0.15, 0.2) is 6.10 Å². The number of nitrogens with two attached hydrogens (primary N) is 1. The van der Waals surface area contributed by atoms with E-state index < -0.39 is 36.4 Å². The average molecular weight is 209 g/mol. The van der Waals surface area contributed by atoms with Crippen LogP contribution in [0.4, 0.5) is 0 Å². The molecular formula is C7H15NO6. The van der Waals surface area contributed by atoms with Crippen molar-refractivity contribution in [3.8, 4) is 0 Å². The van der Waals surface area contributed by atoms with Crippen molar-refractivity contribution in [2.45, 2.75) is 37.4 Å². The summed E-state index contributed by atoms with van der Waals surface area (Å²) < 4.78 is 0. The highest BCUT2D eigenvalue weighted by Gasteiger charge is 2.34. The van der Waals surface area contributed by atoms with Crippen LogP contribution in [0.5, 0.6) is 0 Å². The summed E-state index contributed by atoms with van der Waals surface area (Å²) in [6, 6.07) is 0. The molecule has 0 aromatic carbocycles. The smallest absolute Gasteiger partial charge is 0.249 e. The van der Waals surface area contributed by atoms with Crippen LogP contribution in [-0.4, -0.2) is 62.0 Å². The molecule has 14 heavy (non-hydrogen) atoms. The van der Waals surface area contributed by atoms with Gasteiger partial charge in [-0.3, -0.25) is 4.79 Å². The van der Waals surface area contributed by atoms with E-state index in [1.54, 1.807) is 0 Å². The SMILES string of the molecule is CC(O)C(O)C(O)C(O)C(O)C(N)=O. The average Bonchev–Trinajstić information content (AvgIpc) is 2.12. The molecule has 7 N–H and O–H groups in total. The first-order valence-corrected chi connectivity index (χ1v) is 3.98. The van der Waals surface area contributed by atoms with E-state index in [4.69, 9.17) is 25.5 Å². The summed E-state index contributed by atoms with van der Waals surface area (Å²) in [5.74, 6) is -1.23. The molecule has 1 amide bonds.